The van der Waals surface area contributed by atoms with Crippen LogP contribution in [0.3, 0.4) is 0 Å². The molecule has 4 nitrogen and oxygen atoms in total. The van der Waals surface area contributed by atoms with Crippen LogP contribution < -0.4 is 4.74 Å². The molecule has 1 aliphatic heterocycles. The first-order valence-electron chi connectivity index (χ1n) is 12.5. The maximum Gasteiger partial charge on any atom is 0.204 e. The molecule has 0 amide bonds. The molecular formula is C30H27F2NO3S. The predicted molar refractivity (Wildman–Crippen MR) is 142 cm³/mol. The van der Waals surface area contributed by atoms with Gasteiger partial charge in [0.1, 0.15) is 29.6 Å². The zero-order chi connectivity index (χ0) is 25.8. The Balaban J connectivity index is 1.33. The van der Waals surface area contributed by atoms with E-state index in [9.17, 15) is 18.7 Å². The van der Waals surface area contributed by atoms with E-state index in [-0.39, 0.29) is 29.5 Å². The Kier molecular flexibility index (Phi) is 6.00. The molecule has 6 rings (SSSR count). The summed E-state index contributed by atoms with van der Waals surface area (Å²) in [7, 11) is 0. The lowest BCUT2D eigenvalue weighted by atomic mass is 9.94. The van der Waals surface area contributed by atoms with Gasteiger partial charge in [0.2, 0.25) is 5.78 Å². The zero-order valence-corrected chi connectivity index (χ0v) is 21.4. The summed E-state index contributed by atoms with van der Waals surface area (Å²) < 4.78 is 34.3. The number of phenols is 1. The van der Waals surface area contributed by atoms with Gasteiger partial charge in [0.25, 0.3) is 0 Å². The van der Waals surface area contributed by atoms with Crippen molar-refractivity contribution in [1.82, 2.24) is 4.90 Å². The molecule has 0 bridgehead atoms. The summed E-state index contributed by atoms with van der Waals surface area (Å²) in [5.41, 5.74) is 3.32. The molecule has 7 heteroatoms. The van der Waals surface area contributed by atoms with E-state index in [4.69, 9.17) is 4.74 Å². The van der Waals surface area contributed by atoms with E-state index in [1.54, 1.807) is 26.0 Å². The quantitative estimate of drug-likeness (QED) is 0.284. The summed E-state index contributed by atoms with van der Waals surface area (Å²) in [6, 6.07) is 15.6. The molecule has 2 fully saturated rings. The Labute approximate surface area is 218 Å². The molecule has 1 saturated carbocycles. The summed E-state index contributed by atoms with van der Waals surface area (Å²) in [5, 5.41) is 10.9. The van der Waals surface area contributed by atoms with E-state index in [0.29, 0.717) is 28.0 Å². The highest BCUT2D eigenvalue weighted by Gasteiger charge is 2.45. The van der Waals surface area contributed by atoms with E-state index in [2.05, 4.69) is 4.90 Å². The molecule has 37 heavy (non-hydrogen) atoms. The minimum absolute atomic E-state index is 0.0326. The first kappa shape index (κ1) is 24.1. The van der Waals surface area contributed by atoms with Crippen molar-refractivity contribution in [2.75, 3.05) is 13.1 Å². The van der Waals surface area contributed by atoms with Crippen LogP contribution in [0.1, 0.15) is 39.2 Å². The summed E-state index contributed by atoms with van der Waals surface area (Å²) in [6.07, 6.45) is 0.842. The molecule has 2 unspecified atom stereocenters. The molecule has 1 aromatic heterocycles. The van der Waals surface area contributed by atoms with Crippen molar-refractivity contribution in [3.63, 3.8) is 0 Å². The predicted octanol–water partition coefficient (Wildman–Crippen LogP) is 6.82. The molecule has 2 heterocycles. The number of hydrogen-bond donors (Lipinski definition) is 1. The number of ketones is 1. The van der Waals surface area contributed by atoms with Gasteiger partial charge in [0.15, 0.2) is 0 Å². The lowest BCUT2D eigenvalue weighted by Crippen LogP contribution is -2.28. The number of thiophene rings is 1. The number of nitrogens with zero attached hydrogens (tertiary/aromatic N) is 1. The topological polar surface area (TPSA) is 49.8 Å². The number of aromatic hydroxyl groups is 1. The van der Waals surface area contributed by atoms with Gasteiger partial charge in [-0.05, 0) is 85.8 Å². The average Bonchev–Trinajstić information content (AvgIpc) is 3.23. The van der Waals surface area contributed by atoms with Gasteiger partial charge in [-0.25, -0.2) is 8.78 Å². The minimum Gasteiger partial charge on any atom is -0.508 e. The first-order chi connectivity index (χ1) is 17.8. The maximum absolute atomic E-state index is 13.9. The van der Waals surface area contributed by atoms with Gasteiger partial charge in [0.05, 0.1) is 4.88 Å². The second-order valence-corrected chi connectivity index (χ2v) is 11.1. The number of rotatable bonds is 6. The summed E-state index contributed by atoms with van der Waals surface area (Å²) in [5.74, 6) is 0.338. The number of fused-ring (bicyclic) bond motifs is 1. The van der Waals surface area contributed by atoms with Crippen LogP contribution in [0.5, 0.6) is 11.5 Å². The van der Waals surface area contributed by atoms with Crippen molar-refractivity contribution in [2.24, 2.45) is 0 Å². The number of aryl methyl sites for hydroxylation is 2. The van der Waals surface area contributed by atoms with E-state index in [1.165, 1.54) is 23.5 Å². The summed E-state index contributed by atoms with van der Waals surface area (Å²) >= 11 is 1.33. The van der Waals surface area contributed by atoms with Gasteiger partial charge >= 0.3 is 0 Å². The van der Waals surface area contributed by atoms with Crippen LogP contribution in [-0.4, -0.2) is 47.2 Å². The maximum atomic E-state index is 13.9. The van der Waals surface area contributed by atoms with Crippen LogP contribution in [0.25, 0.3) is 21.2 Å². The van der Waals surface area contributed by atoms with Crippen molar-refractivity contribution >= 4 is 27.2 Å². The molecule has 1 N–H and O–H groups in total. The zero-order valence-electron chi connectivity index (χ0n) is 20.6. The Morgan fingerprint density at radius 3 is 2.46 bits per heavy atom. The third kappa shape index (κ3) is 4.51. The molecule has 0 spiro atoms. The monoisotopic (exact) mass is 519 g/mol. The van der Waals surface area contributed by atoms with Gasteiger partial charge in [-0.1, -0.05) is 12.1 Å². The number of halogens is 2. The van der Waals surface area contributed by atoms with Crippen molar-refractivity contribution in [2.45, 2.75) is 45.0 Å². The van der Waals surface area contributed by atoms with Crippen LogP contribution in [-0.2, 0) is 0 Å². The van der Waals surface area contributed by atoms with Crippen LogP contribution in [0.2, 0.25) is 0 Å². The summed E-state index contributed by atoms with van der Waals surface area (Å²) in [6.45, 7) is 5.08. The molecule has 2 aliphatic rings. The Morgan fingerprint density at radius 2 is 1.78 bits per heavy atom. The molecule has 0 radical (unpaired) electrons. The van der Waals surface area contributed by atoms with Crippen molar-refractivity contribution < 1.29 is 23.4 Å². The fourth-order valence-corrected chi connectivity index (χ4v) is 6.69. The third-order valence-corrected chi connectivity index (χ3v) is 8.53. The van der Waals surface area contributed by atoms with Crippen LogP contribution in [0.4, 0.5) is 8.78 Å². The van der Waals surface area contributed by atoms with E-state index < -0.39 is 6.17 Å². The fourth-order valence-electron chi connectivity index (χ4n) is 5.49. The molecule has 1 aliphatic carbocycles. The number of carbonyl (C=O) groups is 1. The van der Waals surface area contributed by atoms with Crippen molar-refractivity contribution in [3.05, 3.63) is 82.0 Å². The SMILES string of the molecule is Cc1cc(F)cc(C)c1C(=O)c1sc2cc(O)ccc2c1-c1ccc(O[C@@H]2CCN(C3CC3F)C2)cc1. The Bertz CT molecular complexity index is 1490. The smallest absolute Gasteiger partial charge is 0.204 e. The number of hydrogen-bond acceptors (Lipinski definition) is 5. The highest BCUT2D eigenvalue weighted by atomic mass is 32.1. The van der Waals surface area contributed by atoms with E-state index >= 15 is 0 Å². The van der Waals surface area contributed by atoms with Gasteiger partial charge < -0.3 is 9.84 Å². The molecule has 3 atom stereocenters. The highest BCUT2D eigenvalue weighted by molar-refractivity contribution is 7.21. The van der Waals surface area contributed by atoms with Crippen LogP contribution in [0, 0.1) is 19.7 Å². The first-order valence-corrected chi connectivity index (χ1v) is 13.3. The molecule has 1 saturated heterocycles. The number of carbonyl (C=O) groups excluding carboxylic acids is 1. The minimum atomic E-state index is -0.695. The fraction of sp³-hybridized carbons (Fsp3) is 0.300. The molecule has 4 aromatic rings. The Morgan fingerprint density at radius 1 is 1.08 bits per heavy atom. The number of likely N-dealkylation sites (tertiary alicyclic amines) is 1. The number of ether oxygens (including phenoxy) is 1. The van der Waals surface area contributed by atoms with E-state index in [0.717, 1.165) is 46.5 Å². The lowest BCUT2D eigenvalue weighted by Gasteiger charge is -2.16. The largest absolute Gasteiger partial charge is 0.508 e. The number of alkyl halides is 1. The van der Waals surface area contributed by atoms with Crippen LogP contribution in [0.15, 0.2) is 54.6 Å². The average molecular weight is 520 g/mol. The molecule has 190 valence electrons. The van der Waals surface area contributed by atoms with Gasteiger partial charge in [-0.2, -0.15) is 0 Å². The van der Waals surface area contributed by atoms with Gasteiger partial charge in [-0.15, -0.1) is 11.3 Å². The van der Waals surface area contributed by atoms with Crippen LogP contribution >= 0.6 is 11.3 Å². The van der Waals surface area contributed by atoms with Crippen molar-refractivity contribution in [1.29, 1.82) is 0 Å². The molecule has 3 aromatic carbocycles. The standard InChI is InChI=1S/C30H27F2NO3S/c1-16-11-19(31)12-17(2)27(16)29(35)30-28(23-8-5-20(34)13-26(23)37-30)18-3-6-21(7-4-18)36-22-9-10-33(15-22)25-14-24(25)32/h3-8,11-13,22,24-25,34H,9-10,14-15H2,1-2H3/t22-,24?,25?/m1/s1. The van der Waals surface area contributed by atoms with E-state index in [1.807, 2.05) is 30.3 Å². The Hall–Kier alpha value is -3.29. The number of phenolic OH excluding ortho intramolecular Hbond substituents is 1. The molecular weight excluding hydrogens is 492 g/mol. The number of benzene rings is 3. The second kappa shape index (κ2) is 9.23. The van der Waals surface area contributed by atoms with Crippen molar-refractivity contribution in [3.8, 4) is 22.6 Å². The van der Waals surface area contributed by atoms with Gasteiger partial charge in [-0.3, -0.25) is 9.69 Å². The van der Waals surface area contributed by atoms with Gasteiger partial charge in [0, 0.05) is 40.3 Å². The third-order valence-electron chi connectivity index (χ3n) is 7.38. The summed E-state index contributed by atoms with van der Waals surface area (Å²) in [4.78, 5) is 16.5. The normalized spacial score (nSPS) is 21.5. The lowest BCUT2D eigenvalue weighted by molar-refractivity contribution is 0.104. The second-order valence-electron chi connectivity index (χ2n) is 10.1. The highest BCUT2D eigenvalue weighted by Crippen LogP contribution is 2.42.